The van der Waals surface area contributed by atoms with Crippen LogP contribution in [0.15, 0.2) is 48.5 Å². The largest absolute Gasteiger partial charge is 0.490 e. The Morgan fingerprint density at radius 1 is 0.589 bits per heavy atom. The molecular formula is C45H61F3N4O4. The number of halogens is 3. The lowest BCUT2D eigenvalue weighted by Gasteiger charge is -2.36. The minimum absolute atomic E-state index is 0.0419. The van der Waals surface area contributed by atoms with Crippen molar-refractivity contribution >= 4 is 17.8 Å². The van der Waals surface area contributed by atoms with E-state index in [0.29, 0.717) is 37.0 Å². The first-order chi connectivity index (χ1) is 26.9. The van der Waals surface area contributed by atoms with E-state index in [1.165, 1.54) is 77.3 Å². The van der Waals surface area contributed by atoms with Gasteiger partial charge in [-0.05, 0) is 150 Å². The van der Waals surface area contributed by atoms with Crippen molar-refractivity contribution in [3.8, 4) is 0 Å². The fourth-order valence-electron chi connectivity index (χ4n) is 11.4. The Morgan fingerprint density at radius 3 is 1.16 bits per heavy atom. The summed E-state index contributed by atoms with van der Waals surface area (Å²) in [6, 6.07) is 21.1. The van der Waals surface area contributed by atoms with Gasteiger partial charge in [0, 0.05) is 36.3 Å². The van der Waals surface area contributed by atoms with Crippen molar-refractivity contribution in [2.75, 3.05) is 13.1 Å². The van der Waals surface area contributed by atoms with E-state index in [9.17, 15) is 22.8 Å². The molecule has 8 nitrogen and oxygen atoms in total. The molecule has 0 radical (unpaired) electrons. The van der Waals surface area contributed by atoms with Crippen LogP contribution in [0.2, 0.25) is 0 Å². The maximum atomic E-state index is 13.9. The van der Waals surface area contributed by atoms with Gasteiger partial charge in [-0.15, -0.1) is 0 Å². The molecule has 8 rings (SSSR count). The summed E-state index contributed by atoms with van der Waals surface area (Å²) in [5, 5.41) is 13.9. The van der Waals surface area contributed by atoms with Crippen molar-refractivity contribution in [1.82, 2.24) is 20.4 Å². The van der Waals surface area contributed by atoms with Crippen LogP contribution in [0.1, 0.15) is 163 Å². The van der Waals surface area contributed by atoms with E-state index in [-0.39, 0.29) is 23.9 Å². The lowest BCUT2D eigenvalue weighted by atomic mass is 9.78. The molecule has 56 heavy (non-hydrogen) atoms. The molecule has 2 aromatic rings. The van der Waals surface area contributed by atoms with E-state index in [1.54, 1.807) is 22.3 Å². The standard InChI is InChI=1S/C43H60N4O2.C2HF3O2/c1-3-43(4-2,41(48)44-31-17-13-29(14-18-31)25-27-46-37-21-22-38(46)34-10-6-5-9-33(34)37)42(49)45-32-19-15-30(16-20-32)26-28-47-39-23-24-40(47)36-12-8-7-11-35(36)39;3-2(4,5)1(6)7/h5-12,29-32,37-40H,3-4,13-28H2,1-2H3,(H,44,48)(H,45,49);(H,6,7)/t29?,30?,31?,32?,37-,38+,39-,40+;. The number of rotatable bonds is 12. The number of carbonyl (C=O) groups is 3. The van der Waals surface area contributed by atoms with E-state index in [4.69, 9.17) is 9.90 Å². The summed E-state index contributed by atoms with van der Waals surface area (Å²) in [6.07, 6.45) is 12.6. The van der Waals surface area contributed by atoms with Gasteiger partial charge < -0.3 is 15.7 Å². The van der Waals surface area contributed by atoms with Gasteiger partial charge in [0.15, 0.2) is 0 Å². The van der Waals surface area contributed by atoms with Crippen LogP contribution in [0.3, 0.4) is 0 Å². The molecular weight excluding hydrogens is 718 g/mol. The topological polar surface area (TPSA) is 102 Å². The Labute approximate surface area is 330 Å². The van der Waals surface area contributed by atoms with Crippen molar-refractivity contribution in [1.29, 1.82) is 0 Å². The predicted octanol–water partition coefficient (Wildman–Crippen LogP) is 9.34. The third-order valence-corrected chi connectivity index (χ3v) is 14.7. The fourth-order valence-corrected chi connectivity index (χ4v) is 11.4. The molecule has 4 atom stereocenters. The first kappa shape index (κ1) is 40.7. The molecule has 2 saturated heterocycles. The second kappa shape index (κ2) is 17.2. The van der Waals surface area contributed by atoms with Gasteiger partial charge in [0.2, 0.25) is 11.8 Å². The summed E-state index contributed by atoms with van der Waals surface area (Å²) in [5.41, 5.74) is 5.32. The van der Waals surface area contributed by atoms with Crippen LogP contribution in [-0.2, 0) is 14.4 Å². The molecule has 2 saturated carbocycles. The zero-order valence-electron chi connectivity index (χ0n) is 33.2. The molecule has 6 aliphatic rings. The number of alkyl halides is 3. The number of benzene rings is 2. The van der Waals surface area contributed by atoms with Gasteiger partial charge in [-0.3, -0.25) is 19.4 Å². The normalized spacial score (nSPS) is 29.6. The third kappa shape index (κ3) is 8.27. The summed E-state index contributed by atoms with van der Waals surface area (Å²) >= 11 is 0. The molecule has 2 aliphatic carbocycles. The molecule has 2 aromatic carbocycles. The zero-order chi connectivity index (χ0) is 39.6. The van der Waals surface area contributed by atoms with Crippen LogP contribution >= 0.6 is 0 Å². The molecule has 0 spiro atoms. The van der Waals surface area contributed by atoms with E-state index in [1.807, 2.05) is 13.8 Å². The van der Waals surface area contributed by atoms with Crippen LogP contribution in [0, 0.1) is 17.3 Å². The summed E-state index contributed by atoms with van der Waals surface area (Å²) in [4.78, 5) is 42.2. The quantitative estimate of drug-likeness (QED) is 0.186. The number of hydrogen-bond donors (Lipinski definition) is 3. The Hall–Kier alpha value is -3.44. The first-order valence-electron chi connectivity index (χ1n) is 21.5. The van der Waals surface area contributed by atoms with Crippen LogP contribution in [0.25, 0.3) is 0 Å². The Morgan fingerprint density at radius 2 is 0.893 bits per heavy atom. The van der Waals surface area contributed by atoms with Gasteiger partial charge in [-0.2, -0.15) is 13.2 Å². The van der Waals surface area contributed by atoms with Crippen LogP contribution in [-0.4, -0.2) is 64.0 Å². The van der Waals surface area contributed by atoms with Gasteiger partial charge in [-0.25, -0.2) is 4.79 Å². The second-order valence-corrected chi connectivity index (χ2v) is 17.5. The molecule has 306 valence electrons. The van der Waals surface area contributed by atoms with E-state index in [0.717, 1.165) is 37.5 Å². The van der Waals surface area contributed by atoms with E-state index >= 15 is 0 Å². The van der Waals surface area contributed by atoms with Crippen LogP contribution < -0.4 is 10.6 Å². The monoisotopic (exact) mass is 778 g/mol. The maximum Gasteiger partial charge on any atom is 0.490 e. The van der Waals surface area contributed by atoms with E-state index < -0.39 is 17.6 Å². The first-order valence-corrected chi connectivity index (χ1v) is 21.5. The van der Waals surface area contributed by atoms with Crippen molar-refractivity contribution in [3.63, 3.8) is 0 Å². The number of nitrogens with one attached hydrogen (secondary N) is 2. The highest BCUT2D eigenvalue weighted by molar-refractivity contribution is 6.05. The Kier molecular flexibility index (Phi) is 12.5. The zero-order valence-corrected chi connectivity index (χ0v) is 33.2. The minimum Gasteiger partial charge on any atom is -0.475 e. The van der Waals surface area contributed by atoms with Gasteiger partial charge in [0.1, 0.15) is 5.41 Å². The SMILES string of the molecule is CCC(CC)(C(=O)NC1CCC(CCN2[C@@H]3CC[C@H]2c2ccccc23)CC1)C(=O)NC1CCC(CCN2[C@@H]3CC[C@H]2c2ccccc23)CC1.O=C(O)C(F)(F)F. The molecule has 3 N–H and O–H groups in total. The van der Waals surface area contributed by atoms with Gasteiger partial charge in [0.05, 0.1) is 0 Å². The molecule has 0 aromatic heterocycles. The molecule has 0 unspecified atom stereocenters. The number of carboxylic acids is 1. The molecule has 2 amide bonds. The van der Waals surface area contributed by atoms with E-state index in [2.05, 4.69) is 69.0 Å². The average Bonchev–Trinajstić information content (AvgIpc) is 3.96. The summed E-state index contributed by atoms with van der Waals surface area (Å²) in [5.74, 6) is -1.37. The van der Waals surface area contributed by atoms with Gasteiger partial charge in [0.25, 0.3) is 0 Å². The minimum atomic E-state index is -5.08. The highest BCUT2D eigenvalue weighted by atomic mass is 19.4. The Bertz CT molecular complexity index is 1530. The highest BCUT2D eigenvalue weighted by Gasteiger charge is 2.46. The smallest absolute Gasteiger partial charge is 0.475 e. The number of nitrogens with zero attached hydrogens (tertiary/aromatic N) is 2. The highest BCUT2D eigenvalue weighted by Crippen LogP contribution is 2.54. The fraction of sp³-hybridized carbons (Fsp3) is 0.667. The average molecular weight is 779 g/mol. The summed E-state index contributed by atoms with van der Waals surface area (Å²) < 4.78 is 31.7. The maximum absolute atomic E-state index is 13.9. The lowest BCUT2D eigenvalue weighted by Crippen LogP contribution is -2.55. The Balaban J connectivity index is 0.000000629. The molecule has 4 aliphatic heterocycles. The lowest BCUT2D eigenvalue weighted by molar-refractivity contribution is -0.192. The predicted molar refractivity (Wildman–Crippen MR) is 209 cm³/mol. The number of hydrogen-bond acceptors (Lipinski definition) is 5. The molecule has 11 heteroatoms. The van der Waals surface area contributed by atoms with Crippen molar-refractivity contribution in [2.24, 2.45) is 17.3 Å². The van der Waals surface area contributed by atoms with Crippen LogP contribution in [0.4, 0.5) is 13.2 Å². The second-order valence-electron chi connectivity index (χ2n) is 17.5. The molecule has 4 bridgehead atoms. The summed E-state index contributed by atoms with van der Waals surface area (Å²) in [7, 11) is 0. The molecule has 4 heterocycles. The van der Waals surface area contributed by atoms with Crippen molar-refractivity contribution in [3.05, 3.63) is 70.8 Å². The van der Waals surface area contributed by atoms with Crippen molar-refractivity contribution in [2.45, 2.75) is 159 Å². The number of carbonyl (C=O) groups excluding carboxylic acids is 2. The third-order valence-electron chi connectivity index (χ3n) is 14.7. The van der Waals surface area contributed by atoms with Gasteiger partial charge in [-0.1, -0.05) is 62.4 Å². The number of amides is 2. The number of aliphatic carboxylic acids is 1. The van der Waals surface area contributed by atoms with Crippen molar-refractivity contribution < 1.29 is 32.7 Å². The number of carboxylic acid groups (broad SMARTS) is 1. The van der Waals surface area contributed by atoms with Gasteiger partial charge >= 0.3 is 12.1 Å². The number of fused-ring (bicyclic) bond motifs is 10. The summed E-state index contributed by atoms with van der Waals surface area (Å²) in [6.45, 7) is 6.42. The molecule has 4 fully saturated rings. The van der Waals surface area contributed by atoms with Crippen LogP contribution in [0.5, 0.6) is 0 Å².